The highest BCUT2D eigenvalue weighted by atomic mass is 32.2. The van der Waals surface area contributed by atoms with Crippen LogP contribution < -0.4 is 4.74 Å². The Morgan fingerprint density at radius 3 is 2.69 bits per heavy atom. The normalized spacial score (nSPS) is 17.4. The van der Waals surface area contributed by atoms with Gasteiger partial charge in [0.25, 0.3) is 0 Å². The lowest BCUT2D eigenvalue weighted by Crippen LogP contribution is -2.34. The Labute approximate surface area is 177 Å². The zero-order valence-electron chi connectivity index (χ0n) is 17.1. The Morgan fingerprint density at radius 1 is 1.07 bits per heavy atom. The van der Waals surface area contributed by atoms with Crippen LogP contribution in [-0.2, 0) is 19.3 Å². The van der Waals surface area contributed by atoms with Crippen molar-refractivity contribution in [3.63, 3.8) is 0 Å². The second kappa shape index (κ2) is 9.46. The van der Waals surface area contributed by atoms with Gasteiger partial charge in [-0.2, -0.15) is 0 Å². The van der Waals surface area contributed by atoms with Crippen LogP contribution in [0.15, 0.2) is 59.8 Å². The maximum atomic E-state index is 5.53. The second-order valence-electron chi connectivity index (χ2n) is 7.56. The topological polar surface area (TPSA) is 43.2 Å². The van der Waals surface area contributed by atoms with E-state index in [4.69, 9.17) is 4.74 Å². The van der Waals surface area contributed by atoms with Crippen LogP contribution in [0.3, 0.4) is 0 Å². The van der Waals surface area contributed by atoms with Crippen LogP contribution in [-0.4, -0.2) is 39.9 Å². The Bertz CT molecular complexity index is 928. The molecule has 0 unspecified atom stereocenters. The molecule has 0 N–H and O–H groups in total. The average molecular weight is 409 g/mol. The quantitative estimate of drug-likeness (QED) is 0.539. The van der Waals surface area contributed by atoms with Gasteiger partial charge in [-0.15, -0.1) is 10.2 Å². The minimum atomic E-state index is 0.419. The summed E-state index contributed by atoms with van der Waals surface area (Å²) >= 11 is 1.75. The lowest BCUT2D eigenvalue weighted by atomic mass is 9.96. The van der Waals surface area contributed by atoms with Crippen LogP contribution in [0.1, 0.15) is 35.7 Å². The van der Waals surface area contributed by atoms with E-state index in [1.54, 1.807) is 18.9 Å². The third-order valence-corrected chi connectivity index (χ3v) is 6.63. The highest BCUT2D eigenvalue weighted by Crippen LogP contribution is 2.30. The standard InChI is InChI=1S/C23H28N4OS/c1-26-22(24-25-23(26)29-17-18-9-4-3-5-10-18)20-12-8-14-27(16-20)15-19-11-6-7-13-21(19)28-2/h3-7,9-11,13,20H,8,12,14-17H2,1-2H3/t20-/m0/s1. The van der Waals surface area contributed by atoms with Crippen molar-refractivity contribution >= 4 is 11.8 Å². The summed E-state index contributed by atoms with van der Waals surface area (Å²) in [5.74, 6) is 3.40. The Morgan fingerprint density at radius 2 is 1.86 bits per heavy atom. The predicted molar refractivity (Wildman–Crippen MR) is 117 cm³/mol. The van der Waals surface area contributed by atoms with Crippen molar-refractivity contribution in [3.8, 4) is 5.75 Å². The molecule has 1 aliphatic heterocycles. The fraction of sp³-hybridized carbons (Fsp3) is 0.391. The molecule has 6 heteroatoms. The number of methoxy groups -OCH3 is 1. The number of aromatic nitrogens is 3. The van der Waals surface area contributed by atoms with Gasteiger partial charge >= 0.3 is 0 Å². The molecule has 2 heterocycles. The van der Waals surface area contributed by atoms with Crippen LogP contribution in [0, 0.1) is 0 Å². The van der Waals surface area contributed by atoms with E-state index in [-0.39, 0.29) is 0 Å². The summed E-state index contributed by atoms with van der Waals surface area (Å²) in [6, 6.07) is 18.8. The molecule has 2 aromatic carbocycles. The van der Waals surface area contributed by atoms with Crippen molar-refractivity contribution < 1.29 is 4.74 Å². The minimum Gasteiger partial charge on any atom is -0.496 e. The molecule has 0 spiro atoms. The van der Waals surface area contributed by atoms with Crippen molar-refractivity contribution in [1.82, 2.24) is 19.7 Å². The average Bonchev–Trinajstić information content (AvgIpc) is 3.14. The van der Waals surface area contributed by atoms with E-state index in [9.17, 15) is 0 Å². The highest BCUT2D eigenvalue weighted by Gasteiger charge is 2.26. The van der Waals surface area contributed by atoms with Gasteiger partial charge in [-0.3, -0.25) is 4.90 Å². The summed E-state index contributed by atoms with van der Waals surface area (Å²) < 4.78 is 7.71. The zero-order chi connectivity index (χ0) is 20.1. The number of para-hydroxylation sites is 1. The molecule has 5 nitrogen and oxygen atoms in total. The molecule has 0 radical (unpaired) electrons. The molecule has 0 saturated carbocycles. The summed E-state index contributed by atoms with van der Waals surface area (Å²) in [6.45, 7) is 3.03. The molecule has 1 aromatic heterocycles. The fourth-order valence-electron chi connectivity index (χ4n) is 4.01. The first kappa shape index (κ1) is 20.0. The largest absolute Gasteiger partial charge is 0.496 e. The van der Waals surface area contributed by atoms with Crippen molar-refractivity contribution in [1.29, 1.82) is 0 Å². The summed E-state index contributed by atoms with van der Waals surface area (Å²) in [5, 5.41) is 10.0. The third kappa shape index (κ3) is 4.82. The molecular formula is C23H28N4OS. The van der Waals surface area contributed by atoms with Crippen molar-refractivity contribution in [2.45, 2.75) is 36.2 Å². The van der Waals surface area contributed by atoms with Crippen molar-refractivity contribution in [2.75, 3.05) is 20.2 Å². The molecule has 29 heavy (non-hydrogen) atoms. The first-order chi connectivity index (χ1) is 14.2. The van der Waals surface area contributed by atoms with E-state index in [0.717, 1.165) is 48.5 Å². The van der Waals surface area contributed by atoms with Gasteiger partial charge in [0.15, 0.2) is 5.16 Å². The number of nitrogens with zero attached hydrogens (tertiary/aromatic N) is 4. The Balaban J connectivity index is 1.41. The first-order valence-corrected chi connectivity index (χ1v) is 11.1. The maximum absolute atomic E-state index is 5.53. The highest BCUT2D eigenvalue weighted by molar-refractivity contribution is 7.98. The molecule has 152 valence electrons. The summed E-state index contributed by atoms with van der Waals surface area (Å²) in [6.07, 6.45) is 2.34. The van der Waals surface area contributed by atoms with Gasteiger partial charge < -0.3 is 9.30 Å². The number of piperidine rings is 1. The monoisotopic (exact) mass is 408 g/mol. The van der Waals surface area contributed by atoms with Crippen LogP contribution in [0.4, 0.5) is 0 Å². The van der Waals surface area contributed by atoms with Crippen LogP contribution in [0.2, 0.25) is 0 Å². The maximum Gasteiger partial charge on any atom is 0.191 e. The molecule has 1 aliphatic rings. The number of rotatable bonds is 7. The smallest absolute Gasteiger partial charge is 0.191 e. The molecule has 4 rings (SSSR count). The molecule has 0 bridgehead atoms. The lowest BCUT2D eigenvalue weighted by Gasteiger charge is -2.32. The van der Waals surface area contributed by atoms with Crippen LogP contribution in [0.5, 0.6) is 5.75 Å². The van der Waals surface area contributed by atoms with Gasteiger partial charge in [0.1, 0.15) is 11.6 Å². The van der Waals surface area contributed by atoms with Gasteiger partial charge in [0, 0.05) is 37.4 Å². The van der Waals surface area contributed by atoms with E-state index >= 15 is 0 Å². The van der Waals surface area contributed by atoms with Gasteiger partial charge in [0.05, 0.1) is 7.11 Å². The van der Waals surface area contributed by atoms with E-state index in [0.29, 0.717) is 5.92 Å². The first-order valence-electron chi connectivity index (χ1n) is 10.1. The number of hydrogen-bond acceptors (Lipinski definition) is 5. The fourth-order valence-corrected chi connectivity index (χ4v) is 4.89. The Hall–Kier alpha value is -2.31. The molecular weight excluding hydrogens is 380 g/mol. The summed E-state index contributed by atoms with van der Waals surface area (Å²) in [7, 11) is 3.84. The number of ether oxygens (including phenoxy) is 1. The second-order valence-corrected chi connectivity index (χ2v) is 8.50. The molecule has 1 atom stereocenters. The van der Waals surface area contributed by atoms with E-state index in [2.05, 4.69) is 69.2 Å². The van der Waals surface area contributed by atoms with Crippen molar-refractivity contribution in [3.05, 3.63) is 71.5 Å². The number of likely N-dealkylation sites (tertiary alicyclic amines) is 1. The molecule has 0 aliphatic carbocycles. The lowest BCUT2D eigenvalue weighted by molar-refractivity contribution is 0.193. The van der Waals surface area contributed by atoms with Gasteiger partial charge in [-0.25, -0.2) is 0 Å². The van der Waals surface area contributed by atoms with Crippen LogP contribution in [0.25, 0.3) is 0 Å². The number of thioether (sulfide) groups is 1. The Kier molecular flexibility index (Phi) is 6.52. The van der Waals surface area contributed by atoms with Crippen molar-refractivity contribution in [2.24, 2.45) is 7.05 Å². The summed E-state index contributed by atoms with van der Waals surface area (Å²) in [4.78, 5) is 2.51. The predicted octanol–water partition coefficient (Wildman–Crippen LogP) is 4.50. The summed E-state index contributed by atoms with van der Waals surface area (Å²) in [5.41, 5.74) is 2.55. The molecule has 1 fully saturated rings. The van der Waals surface area contributed by atoms with E-state index in [1.807, 2.05) is 12.1 Å². The minimum absolute atomic E-state index is 0.419. The van der Waals surface area contributed by atoms with E-state index in [1.165, 1.54) is 17.5 Å². The molecule has 1 saturated heterocycles. The SMILES string of the molecule is COc1ccccc1CN1CCC[C@H](c2nnc(SCc3ccccc3)n2C)C1. The zero-order valence-corrected chi connectivity index (χ0v) is 17.9. The number of hydrogen-bond donors (Lipinski definition) is 0. The number of benzene rings is 2. The van der Waals surface area contributed by atoms with Gasteiger partial charge in [0.2, 0.25) is 0 Å². The van der Waals surface area contributed by atoms with Gasteiger partial charge in [-0.05, 0) is 31.0 Å². The molecule has 3 aromatic rings. The van der Waals surface area contributed by atoms with E-state index < -0.39 is 0 Å². The third-order valence-electron chi connectivity index (χ3n) is 5.54. The van der Waals surface area contributed by atoms with Crippen LogP contribution >= 0.6 is 11.8 Å². The molecule has 0 amide bonds. The van der Waals surface area contributed by atoms with Gasteiger partial charge in [-0.1, -0.05) is 60.3 Å².